The van der Waals surface area contributed by atoms with E-state index in [4.69, 9.17) is 4.42 Å². The van der Waals surface area contributed by atoms with Crippen molar-refractivity contribution in [3.05, 3.63) is 47.4 Å². The molecule has 6 nitrogen and oxygen atoms in total. The quantitative estimate of drug-likeness (QED) is 0.848. The van der Waals surface area contributed by atoms with E-state index in [2.05, 4.69) is 15.5 Å². The van der Waals surface area contributed by atoms with E-state index < -0.39 is 0 Å². The number of carbonyl (C=O) groups excluding carboxylic acids is 1. The number of piperidine rings is 1. The van der Waals surface area contributed by atoms with E-state index in [1.807, 2.05) is 4.90 Å². The van der Waals surface area contributed by atoms with Crippen molar-refractivity contribution in [2.75, 3.05) is 13.1 Å². The van der Waals surface area contributed by atoms with Crippen molar-refractivity contribution < 1.29 is 13.6 Å². The van der Waals surface area contributed by atoms with Crippen molar-refractivity contribution in [1.82, 2.24) is 20.4 Å². The standard InChI is InChI=1S/C21H27FN4O2/c22-18-10-8-15(9-11-18)13-23-21(27)26-12-4-7-17(14-26)20-25-24-19(28-20)16-5-2-1-3-6-16/h8-11,16-17H,1-7,12-14H2,(H,23,27). The second-order valence-electron chi connectivity index (χ2n) is 7.88. The van der Waals surface area contributed by atoms with Crippen LogP contribution in [0.2, 0.25) is 0 Å². The maximum absolute atomic E-state index is 13.0. The molecular formula is C21H27FN4O2. The first-order chi connectivity index (χ1) is 13.7. The highest BCUT2D eigenvalue weighted by atomic mass is 19.1. The Morgan fingerprint density at radius 1 is 1.04 bits per heavy atom. The highest BCUT2D eigenvalue weighted by Gasteiger charge is 2.29. The summed E-state index contributed by atoms with van der Waals surface area (Å²) in [4.78, 5) is 14.3. The fourth-order valence-electron chi connectivity index (χ4n) is 4.18. The maximum atomic E-state index is 13.0. The molecule has 1 aliphatic carbocycles. The lowest BCUT2D eigenvalue weighted by Crippen LogP contribution is -2.44. The van der Waals surface area contributed by atoms with E-state index >= 15 is 0 Å². The zero-order valence-electron chi connectivity index (χ0n) is 16.1. The largest absolute Gasteiger partial charge is 0.425 e. The number of likely N-dealkylation sites (tertiary alicyclic amines) is 1. The first kappa shape index (κ1) is 18.9. The molecule has 1 N–H and O–H groups in total. The molecule has 2 amide bonds. The van der Waals surface area contributed by atoms with Crippen molar-refractivity contribution >= 4 is 6.03 Å². The Morgan fingerprint density at radius 3 is 2.46 bits per heavy atom. The predicted octanol–water partition coefficient (Wildman–Crippen LogP) is 4.35. The predicted molar refractivity (Wildman–Crippen MR) is 102 cm³/mol. The molecule has 2 heterocycles. The fraction of sp³-hybridized carbons (Fsp3) is 0.571. The van der Waals surface area contributed by atoms with Gasteiger partial charge in [-0.3, -0.25) is 0 Å². The third-order valence-corrected chi connectivity index (χ3v) is 5.83. The summed E-state index contributed by atoms with van der Waals surface area (Å²) in [5.41, 5.74) is 0.873. The van der Waals surface area contributed by atoms with Crippen molar-refractivity contribution in [3.63, 3.8) is 0 Å². The van der Waals surface area contributed by atoms with E-state index in [1.165, 1.54) is 31.4 Å². The first-order valence-corrected chi connectivity index (χ1v) is 10.3. The minimum Gasteiger partial charge on any atom is -0.425 e. The number of halogens is 1. The second kappa shape index (κ2) is 8.71. The number of carbonyl (C=O) groups is 1. The highest BCUT2D eigenvalue weighted by Crippen LogP contribution is 2.34. The number of amides is 2. The minimum atomic E-state index is -0.277. The molecule has 7 heteroatoms. The van der Waals surface area contributed by atoms with E-state index in [-0.39, 0.29) is 17.8 Å². The monoisotopic (exact) mass is 386 g/mol. The Kier molecular flexibility index (Phi) is 5.88. The van der Waals surface area contributed by atoms with Crippen molar-refractivity contribution in [3.8, 4) is 0 Å². The molecular weight excluding hydrogens is 359 g/mol. The minimum absolute atomic E-state index is 0.0927. The lowest BCUT2D eigenvalue weighted by molar-refractivity contribution is 0.173. The number of urea groups is 1. The SMILES string of the molecule is O=C(NCc1ccc(F)cc1)N1CCCC(c2nnc(C3CCCCC3)o2)C1. The smallest absolute Gasteiger partial charge is 0.317 e. The van der Waals surface area contributed by atoms with Gasteiger partial charge in [0, 0.05) is 25.6 Å². The van der Waals surface area contributed by atoms with Crippen molar-refractivity contribution in [2.24, 2.45) is 0 Å². The van der Waals surface area contributed by atoms with E-state index in [1.54, 1.807) is 12.1 Å². The summed E-state index contributed by atoms with van der Waals surface area (Å²) in [6, 6.07) is 6.05. The van der Waals surface area contributed by atoms with Gasteiger partial charge in [-0.25, -0.2) is 9.18 Å². The zero-order valence-corrected chi connectivity index (χ0v) is 16.1. The summed E-state index contributed by atoms with van der Waals surface area (Å²) in [5, 5.41) is 11.5. The van der Waals surface area contributed by atoms with Gasteiger partial charge in [0.25, 0.3) is 0 Å². The summed E-state index contributed by atoms with van der Waals surface area (Å²) in [6.07, 6.45) is 7.88. The van der Waals surface area contributed by atoms with Gasteiger partial charge in [0.15, 0.2) is 0 Å². The van der Waals surface area contributed by atoms with Crippen LogP contribution in [0.3, 0.4) is 0 Å². The summed E-state index contributed by atoms with van der Waals surface area (Å²) in [5.74, 6) is 1.65. The summed E-state index contributed by atoms with van der Waals surface area (Å²) < 4.78 is 19.0. The molecule has 2 fully saturated rings. The number of nitrogens with zero attached hydrogens (tertiary/aromatic N) is 3. The molecule has 0 bridgehead atoms. The van der Waals surface area contributed by atoms with Crippen LogP contribution < -0.4 is 5.32 Å². The zero-order chi connectivity index (χ0) is 19.3. The Hall–Kier alpha value is -2.44. The third kappa shape index (κ3) is 4.51. The van der Waals surface area contributed by atoms with Crippen LogP contribution in [0, 0.1) is 5.82 Å². The summed E-state index contributed by atoms with van der Waals surface area (Å²) in [7, 11) is 0. The van der Waals surface area contributed by atoms with Gasteiger partial charge in [-0.2, -0.15) is 0 Å². The molecule has 4 rings (SSSR count). The van der Waals surface area contributed by atoms with Crippen LogP contribution in [-0.4, -0.2) is 34.2 Å². The van der Waals surface area contributed by atoms with Gasteiger partial charge in [0.05, 0.1) is 5.92 Å². The summed E-state index contributed by atoms with van der Waals surface area (Å²) in [6.45, 7) is 1.68. The molecule has 1 saturated carbocycles. The van der Waals surface area contributed by atoms with Gasteiger partial charge < -0.3 is 14.6 Å². The lowest BCUT2D eigenvalue weighted by atomic mass is 9.89. The molecule has 2 aliphatic rings. The molecule has 1 aliphatic heterocycles. The molecule has 1 aromatic carbocycles. The Bertz CT molecular complexity index is 786. The van der Waals surface area contributed by atoms with Gasteiger partial charge in [-0.05, 0) is 43.4 Å². The number of rotatable bonds is 4. The van der Waals surface area contributed by atoms with Crippen LogP contribution >= 0.6 is 0 Å². The first-order valence-electron chi connectivity index (χ1n) is 10.3. The molecule has 1 aromatic heterocycles. The van der Waals surface area contributed by atoms with Gasteiger partial charge >= 0.3 is 6.03 Å². The molecule has 1 saturated heterocycles. The Balaban J connectivity index is 1.32. The van der Waals surface area contributed by atoms with Crippen LogP contribution in [0.15, 0.2) is 28.7 Å². The fourth-order valence-corrected chi connectivity index (χ4v) is 4.18. The molecule has 0 radical (unpaired) electrons. The van der Waals surface area contributed by atoms with Crippen LogP contribution in [0.4, 0.5) is 9.18 Å². The molecule has 0 spiro atoms. The van der Waals surface area contributed by atoms with Crippen molar-refractivity contribution in [1.29, 1.82) is 0 Å². The van der Waals surface area contributed by atoms with Gasteiger partial charge in [-0.1, -0.05) is 31.4 Å². The lowest BCUT2D eigenvalue weighted by Gasteiger charge is -2.31. The van der Waals surface area contributed by atoms with E-state index in [9.17, 15) is 9.18 Å². The maximum Gasteiger partial charge on any atom is 0.317 e. The molecule has 150 valence electrons. The normalized spacial score (nSPS) is 20.9. The van der Waals surface area contributed by atoms with Gasteiger partial charge in [-0.15, -0.1) is 10.2 Å². The number of hydrogen-bond acceptors (Lipinski definition) is 4. The third-order valence-electron chi connectivity index (χ3n) is 5.83. The van der Waals surface area contributed by atoms with E-state index in [0.717, 1.165) is 43.7 Å². The number of nitrogens with one attached hydrogen (secondary N) is 1. The van der Waals surface area contributed by atoms with E-state index in [0.29, 0.717) is 24.9 Å². The number of benzene rings is 1. The molecule has 1 atom stereocenters. The highest BCUT2D eigenvalue weighted by molar-refractivity contribution is 5.74. The van der Waals surface area contributed by atoms with Crippen LogP contribution in [0.5, 0.6) is 0 Å². The average molecular weight is 386 g/mol. The molecule has 2 aromatic rings. The van der Waals surface area contributed by atoms with Crippen LogP contribution in [0.1, 0.15) is 74.1 Å². The average Bonchev–Trinajstić information content (AvgIpc) is 3.24. The Morgan fingerprint density at radius 2 is 1.71 bits per heavy atom. The second-order valence-corrected chi connectivity index (χ2v) is 7.88. The topological polar surface area (TPSA) is 71.3 Å². The molecule has 1 unspecified atom stereocenters. The van der Waals surface area contributed by atoms with Gasteiger partial charge in [0.1, 0.15) is 5.82 Å². The van der Waals surface area contributed by atoms with Crippen LogP contribution in [0.25, 0.3) is 0 Å². The number of hydrogen-bond donors (Lipinski definition) is 1. The summed E-state index contributed by atoms with van der Waals surface area (Å²) >= 11 is 0. The molecule has 28 heavy (non-hydrogen) atoms. The van der Waals surface area contributed by atoms with Crippen molar-refractivity contribution in [2.45, 2.75) is 63.3 Å². The van der Waals surface area contributed by atoms with Gasteiger partial charge in [0.2, 0.25) is 11.8 Å². The van der Waals surface area contributed by atoms with Crippen LogP contribution in [-0.2, 0) is 6.54 Å². The Labute approximate surface area is 164 Å². The number of aromatic nitrogens is 2.